The first-order valence-corrected chi connectivity index (χ1v) is 14.8. The quantitative estimate of drug-likeness (QED) is 0.476. The van der Waals surface area contributed by atoms with Crippen molar-refractivity contribution in [3.05, 3.63) is 65.7 Å². The second-order valence-electron chi connectivity index (χ2n) is 8.73. The molecule has 0 saturated carbocycles. The average molecular weight is 506 g/mol. The highest BCUT2D eigenvalue weighted by Crippen LogP contribution is 2.53. The number of nitrogens with zero attached hydrogens (tertiary/aromatic N) is 1. The number of hydrogen-bond donors (Lipinski definition) is 0. The van der Waals surface area contributed by atoms with E-state index in [9.17, 15) is 13.2 Å². The average Bonchev–Trinajstić information content (AvgIpc) is 2.80. The summed E-state index contributed by atoms with van der Waals surface area (Å²) in [5.41, 5.74) is 2.07. The van der Waals surface area contributed by atoms with E-state index >= 15 is 0 Å². The lowest BCUT2D eigenvalue weighted by Gasteiger charge is -2.50. The third-order valence-electron chi connectivity index (χ3n) is 6.22. The summed E-state index contributed by atoms with van der Waals surface area (Å²) in [6, 6.07) is 16.2. The number of piperidine rings is 1. The molecule has 2 fully saturated rings. The summed E-state index contributed by atoms with van der Waals surface area (Å²) in [6.45, 7) is 2.67. The van der Waals surface area contributed by atoms with E-state index in [2.05, 4.69) is 0 Å². The summed E-state index contributed by atoms with van der Waals surface area (Å²) < 4.78 is 35.3. The minimum absolute atomic E-state index is 0.0635. The van der Waals surface area contributed by atoms with E-state index in [4.69, 9.17) is 4.74 Å². The van der Waals surface area contributed by atoms with Gasteiger partial charge in [0, 0.05) is 12.5 Å². The monoisotopic (exact) mass is 505 g/mol. The highest BCUT2D eigenvalue weighted by Gasteiger charge is 2.50. The van der Waals surface area contributed by atoms with Gasteiger partial charge in [0.2, 0.25) is 10.0 Å². The molecule has 2 saturated heterocycles. The van der Waals surface area contributed by atoms with Gasteiger partial charge in [0.15, 0.2) is 0 Å². The van der Waals surface area contributed by atoms with Gasteiger partial charge >= 0.3 is 0 Å². The summed E-state index contributed by atoms with van der Waals surface area (Å²) >= 11 is 3.86. The number of sulfonamides is 1. The Bertz CT molecular complexity index is 1020. The molecule has 0 aliphatic carbocycles. The second-order valence-corrected chi connectivity index (χ2v) is 13.8. The molecule has 0 aromatic heterocycles. The van der Waals surface area contributed by atoms with Crippen molar-refractivity contribution in [1.82, 2.24) is 4.31 Å². The smallest absolute Gasteiger partial charge is 0.243 e. The van der Waals surface area contributed by atoms with Crippen molar-refractivity contribution in [2.24, 2.45) is 0 Å². The number of carbonyl (C=O) groups excluding carboxylic acids is 1. The third kappa shape index (κ3) is 5.85. The van der Waals surface area contributed by atoms with Crippen LogP contribution < -0.4 is 0 Å². The van der Waals surface area contributed by atoms with Crippen LogP contribution in [0.2, 0.25) is 0 Å². The van der Waals surface area contributed by atoms with E-state index < -0.39 is 10.0 Å². The molecule has 8 heteroatoms. The number of aldehydes is 1. The summed E-state index contributed by atoms with van der Waals surface area (Å²) in [6.07, 6.45) is 3.62. The van der Waals surface area contributed by atoms with Crippen LogP contribution in [0.3, 0.4) is 0 Å². The van der Waals surface area contributed by atoms with E-state index in [1.54, 1.807) is 16.4 Å². The Hall–Kier alpha value is -1.32. The Balaban J connectivity index is 1.64. The maximum atomic E-state index is 13.8. The highest BCUT2D eigenvalue weighted by atomic mass is 32.2. The third-order valence-corrected chi connectivity index (χ3v) is 11.6. The van der Waals surface area contributed by atoms with E-state index in [-0.39, 0.29) is 27.5 Å². The fraction of sp³-hybridized carbons (Fsp3) is 0.480. The zero-order valence-electron chi connectivity index (χ0n) is 18.9. The van der Waals surface area contributed by atoms with Crippen LogP contribution in [0.25, 0.3) is 0 Å². The van der Waals surface area contributed by atoms with Crippen LogP contribution in [0.15, 0.2) is 59.5 Å². The van der Waals surface area contributed by atoms with Crippen molar-refractivity contribution in [3.63, 3.8) is 0 Å². The first kappa shape index (κ1) is 24.8. The van der Waals surface area contributed by atoms with E-state index in [0.29, 0.717) is 19.6 Å². The molecule has 1 spiro atoms. The van der Waals surface area contributed by atoms with Crippen LogP contribution in [-0.4, -0.2) is 53.3 Å². The lowest BCUT2D eigenvalue weighted by Crippen LogP contribution is -2.58. The van der Waals surface area contributed by atoms with Crippen molar-refractivity contribution in [3.8, 4) is 0 Å². The predicted octanol–water partition coefficient (Wildman–Crippen LogP) is 4.89. The molecular weight excluding hydrogens is 474 g/mol. The molecule has 0 N–H and O–H groups in total. The zero-order valence-corrected chi connectivity index (χ0v) is 21.3. The normalized spacial score (nSPS) is 23.4. The molecular formula is C25H31NO4S3. The summed E-state index contributed by atoms with van der Waals surface area (Å²) in [5, 5.41) is 0. The van der Waals surface area contributed by atoms with Crippen molar-refractivity contribution in [2.75, 3.05) is 18.1 Å². The van der Waals surface area contributed by atoms with E-state index in [1.165, 1.54) is 0 Å². The Morgan fingerprint density at radius 1 is 1.03 bits per heavy atom. The van der Waals surface area contributed by atoms with Crippen molar-refractivity contribution < 1.29 is 17.9 Å². The van der Waals surface area contributed by atoms with Gasteiger partial charge < -0.3 is 9.53 Å². The van der Waals surface area contributed by atoms with Gasteiger partial charge in [0.1, 0.15) is 6.29 Å². The second kappa shape index (κ2) is 11.0. The van der Waals surface area contributed by atoms with E-state index in [0.717, 1.165) is 41.8 Å². The van der Waals surface area contributed by atoms with Gasteiger partial charge in [-0.2, -0.15) is 4.31 Å². The zero-order chi connectivity index (χ0) is 23.3. The molecule has 33 heavy (non-hydrogen) atoms. The van der Waals surface area contributed by atoms with E-state index in [1.807, 2.05) is 72.9 Å². The number of aryl methyl sites for hydroxylation is 1. The first-order chi connectivity index (χ1) is 15.9. The Kier molecular flexibility index (Phi) is 8.23. The van der Waals surface area contributed by atoms with Gasteiger partial charge in [-0.1, -0.05) is 48.0 Å². The summed E-state index contributed by atoms with van der Waals surface area (Å²) in [4.78, 5) is 11.9. The molecule has 0 radical (unpaired) electrons. The highest BCUT2D eigenvalue weighted by molar-refractivity contribution is 8.18. The Morgan fingerprint density at radius 2 is 1.70 bits per heavy atom. The van der Waals surface area contributed by atoms with Gasteiger partial charge in [-0.15, -0.1) is 23.5 Å². The molecule has 2 aromatic carbocycles. The molecule has 2 atom stereocenters. The SMILES string of the molecule is Cc1ccc(S(=O)(=O)N2[C@H](COCc3ccccc3)CC3(C[C@@H]2CC=O)SCCCS3)cc1. The predicted molar refractivity (Wildman–Crippen MR) is 136 cm³/mol. The summed E-state index contributed by atoms with van der Waals surface area (Å²) in [5.74, 6) is 2.15. The molecule has 0 bridgehead atoms. The Labute approximate surface area is 205 Å². The minimum Gasteiger partial charge on any atom is -0.375 e. The first-order valence-electron chi connectivity index (χ1n) is 11.4. The Morgan fingerprint density at radius 3 is 2.36 bits per heavy atom. The fourth-order valence-electron chi connectivity index (χ4n) is 4.67. The number of rotatable bonds is 8. The van der Waals surface area contributed by atoms with Crippen molar-refractivity contribution >= 4 is 39.8 Å². The largest absolute Gasteiger partial charge is 0.375 e. The number of ether oxygens (including phenoxy) is 1. The maximum absolute atomic E-state index is 13.8. The lowest BCUT2D eigenvalue weighted by atomic mass is 9.96. The van der Waals surface area contributed by atoms with Crippen LogP contribution >= 0.6 is 23.5 Å². The molecule has 2 aliphatic rings. The van der Waals surface area contributed by atoms with Gasteiger partial charge in [-0.25, -0.2) is 8.42 Å². The molecule has 2 heterocycles. The number of hydrogen-bond acceptors (Lipinski definition) is 6. The molecule has 178 valence electrons. The lowest BCUT2D eigenvalue weighted by molar-refractivity contribution is -0.109. The van der Waals surface area contributed by atoms with Crippen molar-refractivity contribution in [1.29, 1.82) is 0 Å². The molecule has 0 amide bonds. The van der Waals surface area contributed by atoms with Gasteiger partial charge in [-0.05, 0) is 55.4 Å². The molecule has 4 rings (SSSR count). The van der Waals surface area contributed by atoms with Gasteiger partial charge in [0.25, 0.3) is 0 Å². The van der Waals surface area contributed by atoms with Crippen LogP contribution in [0.5, 0.6) is 0 Å². The van der Waals surface area contributed by atoms with Crippen LogP contribution in [0.1, 0.15) is 36.8 Å². The minimum atomic E-state index is -3.77. The number of carbonyl (C=O) groups is 1. The topological polar surface area (TPSA) is 63.7 Å². The van der Waals surface area contributed by atoms with Gasteiger partial charge in [-0.3, -0.25) is 0 Å². The number of benzene rings is 2. The number of thioether (sulfide) groups is 2. The van der Waals surface area contributed by atoms with Crippen LogP contribution in [-0.2, 0) is 26.2 Å². The van der Waals surface area contributed by atoms with Crippen LogP contribution in [0, 0.1) is 6.92 Å². The standard InChI is InChI=1S/C25H31NO4S3/c1-20-8-10-24(11-9-20)33(28,29)26-22(12-13-27)16-25(31-14-5-15-32-25)17-23(26)19-30-18-21-6-3-2-4-7-21/h2-4,6-11,13,22-23H,5,12,14-19H2,1H3/t22-,23-/m0/s1. The van der Waals surface area contributed by atoms with Gasteiger partial charge in [0.05, 0.1) is 28.2 Å². The fourth-order valence-corrected chi connectivity index (χ4v) is 10.1. The summed E-state index contributed by atoms with van der Waals surface area (Å²) in [7, 11) is -3.77. The molecule has 5 nitrogen and oxygen atoms in total. The molecule has 2 aromatic rings. The maximum Gasteiger partial charge on any atom is 0.243 e. The molecule has 0 unspecified atom stereocenters. The molecule has 2 aliphatic heterocycles. The van der Waals surface area contributed by atoms with Crippen LogP contribution in [0.4, 0.5) is 0 Å². The van der Waals surface area contributed by atoms with Crippen molar-refractivity contribution in [2.45, 2.75) is 60.3 Å².